The van der Waals surface area contributed by atoms with Gasteiger partial charge in [-0.25, -0.2) is 4.98 Å². The molecule has 0 radical (unpaired) electrons. The first-order chi connectivity index (χ1) is 9.25. The Morgan fingerprint density at radius 2 is 1.95 bits per heavy atom. The van der Waals surface area contributed by atoms with Gasteiger partial charge in [-0.1, -0.05) is 24.3 Å². The van der Waals surface area contributed by atoms with Crippen molar-refractivity contribution in [2.75, 3.05) is 12.3 Å². The average molecular weight is 276 g/mol. The molecule has 0 unspecified atom stereocenters. The number of nitrogens with one attached hydrogen (secondary N) is 1. The van der Waals surface area contributed by atoms with E-state index in [1.165, 1.54) is 18.2 Å². The van der Waals surface area contributed by atoms with Gasteiger partial charge in [0.1, 0.15) is 5.69 Å². The molecule has 0 saturated heterocycles. The number of thioether (sulfide) groups is 1. The van der Waals surface area contributed by atoms with E-state index in [-0.39, 0.29) is 11.6 Å². The molecule has 1 aromatic carbocycles. The quantitative estimate of drug-likeness (QED) is 0.519. The SMILES string of the molecule is O=C(NCCSc1ccccc1)c1cccc(F)n1. The number of halogens is 1. The molecular weight excluding hydrogens is 263 g/mol. The van der Waals surface area contributed by atoms with E-state index in [4.69, 9.17) is 0 Å². The fourth-order valence-electron chi connectivity index (χ4n) is 1.48. The molecule has 98 valence electrons. The van der Waals surface area contributed by atoms with Crippen molar-refractivity contribution in [2.24, 2.45) is 0 Å². The number of benzene rings is 1. The van der Waals surface area contributed by atoms with Crippen molar-refractivity contribution in [3.05, 3.63) is 60.2 Å². The Kier molecular flexibility index (Phi) is 4.92. The molecule has 1 aromatic heterocycles. The predicted molar refractivity (Wildman–Crippen MR) is 73.7 cm³/mol. The van der Waals surface area contributed by atoms with Gasteiger partial charge in [0.05, 0.1) is 0 Å². The molecule has 0 aliphatic rings. The lowest BCUT2D eigenvalue weighted by Crippen LogP contribution is -2.26. The van der Waals surface area contributed by atoms with E-state index in [9.17, 15) is 9.18 Å². The van der Waals surface area contributed by atoms with Crippen LogP contribution in [0.4, 0.5) is 4.39 Å². The second-order valence-corrected chi connectivity index (χ2v) is 4.93. The first-order valence-corrected chi connectivity index (χ1v) is 6.83. The summed E-state index contributed by atoms with van der Waals surface area (Å²) in [5.41, 5.74) is 0.102. The van der Waals surface area contributed by atoms with Crippen LogP contribution in [0.5, 0.6) is 0 Å². The van der Waals surface area contributed by atoms with Crippen LogP contribution in [-0.2, 0) is 0 Å². The third-order valence-corrected chi connectivity index (χ3v) is 3.36. The Morgan fingerprint density at radius 1 is 1.16 bits per heavy atom. The highest BCUT2D eigenvalue weighted by Crippen LogP contribution is 2.15. The highest BCUT2D eigenvalue weighted by atomic mass is 32.2. The van der Waals surface area contributed by atoms with Crippen molar-refractivity contribution in [3.63, 3.8) is 0 Å². The summed E-state index contributed by atoms with van der Waals surface area (Å²) in [5, 5.41) is 2.71. The van der Waals surface area contributed by atoms with Crippen molar-refractivity contribution in [1.82, 2.24) is 10.3 Å². The van der Waals surface area contributed by atoms with Crippen molar-refractivity contribution in [1.29, 1.82) is 0 Å². The van der Waals surface area contributed by atoms with Crippen molar-refractivity contribution in [3.8, 4) is 0 Å². The largest absolute Gasteiger partial charge is 0.350 e. The second kappa shape index (κ2) is 6.89. The lowest BCUT2D eigenvalue weighted by Gasteiger charge is -2.04. The van der Waals surface area contributed by atoms with Gasteiger partial charge in [0, 0.05) is 17.2 Å². The lowest BCUT2D eigenvalue weighted by atomic mass is 10.3. The first-order valence-electron chi connectivity index (χ1n) is 5.84. The van der Waals surface area contributed by atoms with Gasteiger partial charge in [0.15, 0.2) is 0 Å². The number of nitrogens with zero attached hydrogens (tertiary/aromatic N) is 1. The van der Waals surface area contributed by atoms with E-state index in [0.29, 0.717) is 6.54 Å². The van der Waals surface area contributed by atoms with Crippen molar-refractivity contribution in [2.45, 2.75) is 4.90 Å². The van der Waals surface area contributed by atoms with Gasteiger partial charge >= 0.3 is 0 Å². The monoisotopic (exact) mass is 276 g/mol. The smallest absolute Gasteiger partial charge is 0.270 e. The topological polar surface area (TPSA) is 42.0 Å². The summed E-state index contributed by atoms with van der Waals surface area (Å²) in [5.74, 6) is -0.245. The van der Waals surface area contributed by atoms with Crippen molar-refractivity contribution < 1.29 is 9.18 Å². The van der Waals surface area contributed by atoms with Gasteiger partial charge in [-0.15, -0.1) is 11.8 Å². The number of rotatable bonds is 5. The number of amides is 1. The summed E-state index contributed by atoms with van der Waals surface area (Å²) in [6.07, 6.45) is 0. The molecule has 0 fully saturated rings. The van der Waals surface area contributed by atoms with Crippen LogP contribution in [0.2, 0.25) is 0 Å². The van der Waals surface area contributed by atoms with Gasteiger partial charge in [0.25, 0.3) is 5.91 Å². The molecule has 19 heavy (non-hydrogen) atoms. The van der Waals surface area contributed by atoms with Gasteiger partial charge in [-0.2, -0.15) is 4.39 Å². The molecule has 2 aromatic rings. The molecule has 3 nitrogen and oxygen atoms in total. The zero-order chi connectivity index (χ0) is 13.5. The minimum Gasteiger partial charge on any atom is -0.350 e. The molecule has 2 rings (SSSR count). The minimum absolute atomic E-state index is 0.102. The van der Waals surface area contributed by atoms with Gasteiger partial charge in [-0.3, -0.25) is 4.79 Å². The molecule has 1 heterocycles. The van der Waals surface area contributed by atoms with Gasteiger partial charge < -0.3 is 5.32 Å². The third-order valence-electron chi connectivity index (χ3n) is 2.35. The summed E-state index contributed by atoms with van der Waals surface area (Å²) in [6.45, 7) is 0.511. The maximum Gasteiger partial charge on any atom is 0.270 e. The number of hydrogen-bond donors (Lipinski definition) is 1. The molecule has 0 spiro atoms. The number of pyridine rings is 1. The second-order valence-electron chi connectivity index (χ2n) is 3.76. The molecule has 0 atom stereocenters. The molecule has 1 N–H and O–H groups in total. The number of carbonyl (C=O) groups excluding carboxylic acids is 1. The van der Waals surface area contributed by atoms with Crippen LogP contribution in [0.3, 0.4) is 0 Å². The van der Waals surface area contributed by atoms with Crippen LogP contribution < -0.4 is 5.32 Å². The molecular formula is C14H13FN2OS. The van der Waals surface area contributed by atoms with Crippen LogP contribution >= 0.6 is 11.8 Å². The van der Waals surface area contributed by atoms with E-state index in [2.05, 4.69) is 10.3 Å². The van der Waals surface area contributed by atoms with E-state index < -0.39 is 5.95 Å². The molecule has 0 aliphatic heterocycles. The Morgan fingerprint density at radius 3 is 2.68 bits per heavy atom. The predicted octanol–water partition coefficient (Wildman–Crippen LogP) is 2.74. The van der Waals surface area contributed by atoms with Crippen LogP contribution in [0, 0.1) is 5.95 Å². The zero-order valence-corrected chi connectivity index (χ0v) is 11.0. The van der Waals surface area contributed by atoms with E-state index in [1.54, 1.807) is 11.8 Å². The maximum atomic E-state index is 12.8. The Hall–Kier alpha value is -1.88. The lowest BCUT2D eigenvalue weighted by molar-refractivity contribution is 0.0950. The number of aromatic nitrogens is 1. The summed E-state index contributed by atoms with van der Waals surface area (Å²) >= 11 is 1.65. The van der Waals surface area contributed by atoms with E-state index in [0.717, 1.165) is 10.6 Å². The minimum atomic E-state index is -0.647. The highest BCUT2D eigenvalue weighted by molar-refractivity contribution is 7.99. The van der Waals surface area contributed by atoms with Crippen LogP contribution in [0.1, 0.15) is 10.5 Å². The zero-order valence-electron chi connectivity index (χ0n) is 10.2. The van der Waals surface area contributed by atoms with E-state index in [1.807, 2.05) is 30.3 Å². The summed E-state index contributed by atoms with van der Waals surface area (Å²) < 4.78 is 12.8. The van der Waals surface area contributed by atoms with Crippen LogP contribution in [-0.4, -0.2) is 23.2 Å². The fraction of sp³-hybridized carbons (Fsp3) is 0.143. The highest BCUT2D eigenvalue weighted by Gasteiger charge is 2.06. The molecule has 5 heteroatoms. The van der Waals surface area contributed by atoms with Crippen LogP contribution in [0.25, 0.3) is 0 Å². The Labute approximate surface area is 115 Å². The Bertz CT molecular complexity index is 548. The van der Waals surface area contributed by atoms with E-state index >= 15 is 0 Å². The number of hydrogen-bond acceptors (Lipinski definition) is 3. The molecule has 0 saturated carbocycles. The van der Waals surface area contributed by atoms with Gasteiger partial charge in [-0.05, 0) is 24.3 Å². The molecule has 0 aliphatic carbocycles. The molecule has 1 amide bonds. The summed E-state index contributed by atoms with van der Waals surface area (Å²) in [7, 11) is 0. The normalized spacial score (nSPS) is 10.2. The summed E-state index contributed by atoms with van der Waals surface area (Å²) in [4.78, 5) is 16.3. The third kappa shape index (κ3) is 4.37. The fourth-order valence-corrected chi connectivity index (χ4v) is 2.26. The summed E-state index contributed by atoms with van der Waals surface area (Å²) in [6, 6.07) is 14.1. The maximum absolute atomic E-state index is 12.8. The Balaban J connectivity index is 1.75. The standard InChI is InChI=1S/C14H13FN2OS/c15-13-8-4-7-12(17-13)14(18)16-9-10-19-11-5-2-1-3-6-11/h1-8H,9-10H2,(H,16,18). The van der Waals surface area contributed by atoms with Crippen LogP contribution in [0.15, 0.2) is 53.4 Å². The molecule has 0 bridgehead atoms. The average Bonchev–Trinajstić information content (AvgIpc) is 2.44. The number of carbonyl (C=O) groups is 1. The van der Waals surface area contributed by atoms with Gasteiger partial charge in [0.2, 0.25) is 5.95 Å². The first kappa shape index (κ1) is 13.5. The van der Waals surface area contributed by atoms with Crippen molar-refractivity contribution >= 4 is 17.7 Å².